The Morgan fingerprint density at radius 2 is 1.94 bits per heavy atom. The Labute approximate surface area is 113 Å². The second-order valence-electron chi connectivity index (χ2n) is 3.04. The lowest BCUT2D eigenvalue weighted by Gasteiger charge is -2.34. The van der Waals surface area contributed by atoms with E-state index in [2.05, 4.69) is 6.92 Å². The fourth-order valence-electron chi connectivity index (χ4n) is 1.20. The molecule has 1 atom stereocenters. The Morgan fingerprint density at radius 1 is 1.31 bits per heavy atom. The number of rotatable bonds is 9. The first-order valence-corrected chi connectivity index (χ1v) is 10.2. The number of thiocarbonyl (C=S) groups is 1. The summed E-state index contributed by atoms with van der Waals surface area (Å²) in [5.74, 6) is 0.897. The topological polar surface area (TPSA) is 23.6 Å². The van der Waals surface area contributed by atoms with Gasteiger partial charge in [-0.3, -0.25) is 9.24 Å². The van der Waals surface area contributed by atoms with Crippen LogP contribution in [0.1, 0.15) is 27.2 Å². The monoisotopic (exact) mass is 300 g/mol. The van der Waals surface area contributed by atoms with Gasteiger partial charge in [0.1, 0.15) is 0 Å². The van der Waals surface area contributed by atoms with Crippen molar-refractivity contribution in [1.29, 1.82) is 0 Å². The van der Waals surface area contributed by atoms with Gasteiger partial charge in [0.2, 0.25) is 0 Å². The lowest BCUT2D eigenvalue weighted by atomic mass is 10.6. The van der Waals surface area contributed by atoms with Crippen LogP contribution in [0, 0.1) is 0 Å². The lowest BCUT2D eigenvalue weighted by Crippen LogP contribution is -2.25. The van der Waals surface area contributed by atoms with Gasteiger partial charge in [-0.25, -0.2) is 0 Å². The van der Waals surface area contributed by atoms with Crippen LogP contribution in [-0.4, -0.2) is 39.3 Å². The molecule has 0 heterocycles. The quantitative estimate of drug-likeness (QED) is 0.361. The van der Waals surface area contributed by atoms with Crippen molar-refractivity contribution in [3.05, 3.63) is 0 Å². The van der Waals surface area contributed by atoms with E-state index >= 15 is 0 Å². The first-order chi connectivity index (χ1) is 7.60. The summed E-state index contributed by atoms with van der Waals surface area (Å²) in [4.78, 5) is 0. The van der Waals surface area contributed by atoms with Crippen molar-refractivity contribution < 1.29 is 4.57 Å². The largest absolute Gasteiger partial charge is 0.304 e. The summed E-state index contributed by atoms with van der Waals surface area (Å²) in [7, 11) is 0. The molecule has 0 spiro atoms. The first kappa shape index (κ1) is 16.8. The molecule has 0 aromatic carbocycles. The van der Waals surface area contributed by atoms with Crippen LogP contribution >= 0.6 is 42.2 Å². The molecule has 96 valence electrons. The normalized spacial score (nSPS) is 14.8. The van der Waals surface area contributed by atoms with E-state index < -0.39 is 6.65 Å². The van der Waals surface area contributed by atoms with Gasteiger partial charge in [0.25, 0.3) is 0 Å². The van der Waals surface area contributed by atoms with Crippen LogP contribution in [0.2, 0.25) is 0 Å². The van der Waals surface area contributed by atoms with E-state index in [-0.39, 0.29) is 0 Å². The molecule has 1 unspecified atom stereocenters. The van der Waals surface area contributed by atoms with Gasteiger partial charge >= 0.3 is 6.65 Å². The molecule has 0 fully saturated rings. The van der Waals surface area contributed by atoms with Gasteiger partial charge in [-0.2, -0.15) is 4.08 Å². The van der Waals surface area contributed by atoms with Crippen LogP contribution in [0.15, 0.2) is 0 Å². The highest BCUT2D eigenvalue weighted by Gasteiger charge is 2.34. The lowest BCUT2D eigenvalue weighted by molar-refractivity contribution is 0.506. The third-order valence-electron chi connectivity index (χ3n) is 2.00. The molecule has 0 saturated heterocycles. The Morgan fingerprint density at radius 3 is 2.25 bits per heavy atom. The van der Waals surface area contributed by atoms with Crippen molar-refractivity contribution in [2.75, 3.05) is 25.1 Å². The summed E-state index contributed by atoms with van der Waals surface area (Å²) < 4.78 is 16.7. The molecular weight excluding hydrogens is 279 g/mol. The zero-order valence-corrected chi connectivity index (χ0v) is 13.7. The highest BCUT2D eigenvalue weighted by Crippen LogP contribution is 2.65. The van der Waals surface area contributed by atoms with Gasteiger partial charge in [-0.1, -0.05) is 49.4 Å². The molecule has 0 amide bonds. The van der Waals surface area contributed by atoms with Crippen LogP contribution in [0.4, 0.5) is 0 Å². The van der Waals surface area contributed by atoms with Gasteiger partial charge in [0, 0.05) is 18.8 Å². The summed E-state index contributed by atoms with van der Waals surface area (Å²) in [6.07, 6.45) is 2.98. The number of hydrogen-bond acceptors (Lipinski definition) is 4. The second-order valence-corrected chi connectivity index (χ2v) is 9.17. The first-order valence-electron chi connectivity index (χ1n) is 5.39. The minimum Gasteiger partial charge on any atom is -0.299 e. The summed E-state index contributed by atoms with van der Waals surface area (Å²) >= 11 is 8.02. The van der Waals surface area contributed by atoms with Crippen LogP contribution < -0.4 is 0 Å². The van der Waals surface area contributed by atoms with Gasteiger partial charge < -0.3 is 0 Å². The van der Waals surface area contributed by atoms with E-state index in [1.807, 2.05) is 24.2 Å². The minimum absolute atomic E-state index is 0.689. The molecule has 0 aliphatic heterocycles. The third-order valence-corrected chi connectivity index (χ3v) is 10.2. The van der Waals surface area contributed by atoms with Crippen LogP contribution in [0.25, 0.3) is 0 Å². The summed E-state index contributed by atoms with van der Waals surface area (Å²) in [5, 5.41) is 0. The minimum atomic E-state index is -2.57. The molecule has 0 aromatic rings. The third kappa shape index (κ3) is 4.22. The van der Waals surface area contributed by atoms with Crippen LogP contribution in [0.3, 0.4) is 0 Å². The number of hydrogen-bond donors (Lipinski definition) is 0. The molecule has 0 aromatic heterocycles. The summed E-state index contributed by atoms with van der Waals surface area (Å²) in [6, 6.07) is 0. The maximum atomic E-state index is 13.0. The molecule has 3 nitrogen and oxygen atoms in total. The Balaban J connectivity index is 4.98. The highest BCUT2D eigenvalue weighted by atomic mass is 32.7. The predicted octanol–water partition coefficient (Wildman–Crippen LogP) is 4.12. The van der Waals surface area contributed by atoms with Crippen molar-refractivity contribution in [3.63, 3.8) is 0 Å². The van der Waals surface area contributed by atoms with Crippen molar-refractivity contribution in [2.24, 2.45) is 0 Å². The van der Waals surface area contributed by atoms with Crippen molar-refractivity contribution >= 4 is 47.7 Å². The van der Waals surface area contributed by atoms with E-state index in [9.17, 15) is 4.57 Å². The van der Waals surface area contributed by atoms with Gasteiger partial charge in [0.05, 0.1) is 5.49 Å². The number of nitrogens with zero attached hydrogens (tertiary/aromatic N) is 2. The molecule has 0 saturated carbocycles. The van der Waals surface area contributed by atoms with Gasteiger partial charge in [-0.15, -0.1) is 0 Å². The molecule has 16 heavy (non-hydrogen) atoms. The molecular formula is C9H21N2OPS3. The zero-order valence-electron chi connectivity index (χ0n) is 10.4. The fourth-order valence-corrected chi connectivity index (χ4v) is 9.02. The molecule has 0 aliphatic carbocycles. The van der Waals surface area contributed by atoms with Crippen molar-refractivity contribution in [1.82, 2.24) is 8.75 Å². The van der Waals surface area contributed by atoms with Crippen molar-refractivity contribution in [2.45, 2.75) is 27.2 Å². The Kier molecular flexibility index (Phi) is 9.24. The Hall–Kier alpha value is 0.780. The molecule has 0 aliphatic rings. The Bertz CT molecular complexity index is 249. The molecule has 0 bridgehead atoms. The SMILES string of the molecule is CCCSP(=O)(N(C=S)CC)N(CC)SC. The molecule has 7 heteroatoms. The van der Waals surface area contributed by atoms with Crippen LogP contribution in [0.5, 0.6) is 0 Å². The van der Waals surface area contributed by atoms with Gasteiger partial charge in [0.15, 0.2) is 0 Å². The standard InChI is InChI=1S/C9H21N2OPS3/c1-5-8-16-13(12,10(6-2)9-14)11(7-3)15-4/h9H,5-8H2,1-4H3. The maximum absolute atomic E-state index is 13.0. The molecule has 0 rings (SSSR count). The van der Waals surface area contributed by atoms with Crippen molar-refractivity contribution in [3.8, 4) is 0 Å². The zero-order chi connectivity index (χ0) is 12.6. The van der Waals surface area contributed by atoms with Crippen LogP contribution in [-0.2, 0) is 4.57 Å². The highest BCUT2D eigenvalue weighted by molar-refractivity contribution is 8.58. The molecule has 0 N–H and O–H groups in total. The maximum Gasteiger partial charge on any atom is 0.304 e. The van der Waals surface area contributed by atoms with E-state index in [1.165, 1.54) is 28.8 Å². The summed E-state index contributed by atoms with van der Waals surface area (Å²) in [5.41, 5.74) is 1.53. The van der Waals surface area contributed by atoms with E-state index in [4.69, 9.17) is 12.2 Å². The predicted molar refractivity (Wildman–Crippen MR) is 82.3 cm³/mol. The fraction of sp³-hybridized carbons (Fsp3) is 0.889. The summed E-state index contributed by atoms with van der Waals surface area (Å²) in [6.45, 7) is 4.98. The molecule has 0 radical (unpaired) electrons. The van der Waals surface area contributed by atoms with E-state index in [0.717, 1.165) is 18.7 Å². The van der Waals surface area contributed by atoms with E-state index in [1.54, 1.807) is 4.67 Å². The van der Waals surface area contributed by atoms with Gasteiger partial charge in [-0.05, 0) is 19.6 Å². The average Bonchev–Trinajstić information content (AvgIpc) is 2.29. The van der Waals surface area contributed by atoms with E-state index in [0.29, 0.717) is 6.54 Å². The second kappa shape index (κ2) is 8.81. The smallest absolute Gasteiger partial charge is 0.299 e. The average molecular weight is 300 g/mol.